The summed E-state index contributed by atoms with van der Waals surface area (Å²) in [6.07, 6.45) is 3.60. The van der Waals surface area contributed by atoms with Gasteiger partial charge < -0.3 is 10.4 Å². The van der Waals surface area contributed by atoms with Gasteiger partial charge in [0.15, 0.2) is 0 Å². The van der Waals surface area contributed by atoms with Gasteiger partial charge in [-0.05, 0) is 60.4 Å². The van der Waals surface area contributed by atoms with Crippen molar-refractivity contribution in [2.24, 2.45) is 0 Å². The summed E-state index contributed by atoms with van der Waals surface area (Å²) in [6.45, 7) is 0. The number of hydrogen-bond donors (Lipinski definition) is 2. The Hall–Kier alpha value is -0.0700. The van der Waals surface area contributed by atoms with Crippen molar-refractivity contribution in [3.05, 3.63) is 20.9 Å². The number of aliphatic hydroxyl groups excluding tert-OH is 1. The fourth-order valence-corrected chi connectivity index (χ4v) is 2.95. The number of aromatic nitrogens is 1. The Bertz CT molecular complexity index is 347. The van der Waals surface area contributed by atoms with Crippen molar-refractivity contribution in [1.29, 1.82) is 0 Å². The lowest BCUT2D eigenvalue weighted by atomic mass is 9.93. The largest absolute Gasteiger partial charge is 0.393 e. The van der Waals surface area contributed by atoms with Crippen molar-refractivity contribution >= 4 is 40.0 Å². The van der Waals surface area contributed by atoms with Crippen molar-refractivity contribution in [2.75, 3.05) is 5.32 Å². The SMILES string of the molecule is OC1CCC(Nc2cc(I)cc(Cl)n2)CC1. The van der Waals surface area contributed by atoms with Crippen molar-refractivity contribution in [3.63, 3.8) is 0 Å². The molecule has 88 valence electrons. The van der Waals surface area contributed by atoms with Gasteiger partial charge in [0.25, 0.3) is 0 Å². The summed E-state index contributed by atoms with van der Waals surface area (Å²) in [5.41, 5.74) is 0. The number of aliphatic hydroxyl groups is 1. The molecule has 2 N–H and O–H groups in total. The standard InChI is InChI=1S/C11H14ClIN2O/c12-10-5-7(13)6-11(15-10)14-8-1-3-9(16)4-2-8/h5-6,8-9,16H,1-4H2,(H,14,15). The van der Waals surface area contributed by atoms with Gasteiger partial charge in [-0.1, -0.05) is 11.6 Å². The molecule has 1 aromatic rings. The van der Waals surface area contributed by atoms with Crippen LogP contribution in [0.25, 0.3) is 0 Å². The predicted octanol–water partition coefficient (Wildman–Crippen LogP) is 3.06. The highest BCUT2D eigenvalue weighted by Gasteiger charge is 2.19. The summed E-state index contributed by atoms with van der Waals surface area (Å²) >= 11 is 8.12. The van der Waals surface area contributed by atoms with E-state index in [1.165, 1.54) is 0 Å². The van der Waals surface area contributed by atoms with Gasteiger partial charge in [0, 0.05) is 9.61 Å². The molecule has 0 amide bonds. The van der Waals surface area contributed by atoms with Gasteiger partial charge in [-0.15, -0.1) is 0 Å². The van der Waals surface area contributed by atoms with Gasteiger partial charge in [0.05, 0.1) is 6.10 Å². The van der Waals surface area contributed by atoms with Crippen LogP contribution in [0.5, 0.6) is 0 Å². The molecule has 0 saturated heterocycles. The number of pyridine rings is 1. The van der Waals surface area contributed by atoms with E-state index in [0.717, 1.165) is 35.1 Å². The molecule has 0 unspecified atom stereocenters. The Labute approximate surface area is 114 Å². The number of hydrogen-bond acceptors (Lipinski definition) is 3. The van der Waals surface area contributed by atoms with E-state index in [-0.39, 0.29) is 6.10 Å². The zero-order valence-corrected chi connectivity index (χ0v) is 11.7. The maximum atomic E-state index is 9.42. The van der Waals surface area contributed by atoms with Crippen molar-refractivity contribution < 1.29 is 5.11 Å². The summed E-state index contributed by atoms with van der Waals surface area (Å²) in [4.78, 5) is 4.23. The molecule has 0 aliphatic heterocycles. The first-order valence-electron chi connectivity index (χ1n) is 5.41. The van der Waals surface area contributed by atoms with Crippen LogP contribution < -0.4 is 5.32 Å². The van der Waals surface area contributed by atoms with E-state index in [0.29, 0.717) is 11.2 Å². The Balaban J connectivity index is 1.98. The molecule has 0 spiro atoms. The number of halogens is 2. The van der Waals surface area contributed by atoms with Crippen LogP contribution in [0.4, 0.5) is 5.82 Å². The molecular formula is C11H14ClIN2O. The van der Waals surface area contributed by atoms with Crippen LogP contribution in [0.2, 0.25) is 5.15 Å². The maximum absolute atomic E-state index is 9.42. The highest BCUT2D eigenvalue weighted by Crippen LogP contribution is 2.23. The van der Waals surface area contributed by atoms with Crippen molar-refractivity contribution in [2.45, 2.75) is 37.8 Å². The van der Waals surface area contributed by atoms with Crippen molar-refractivity contribution in [1.82, 2.24) is 4.98 Å². The third kappa shape index (κ3) is 3.46. The van der Waals surface area contributed by atoms with E-state index in [2.05, 4.69) is 32.9 Å². The molecule has 1 aliphatic carbocycles. The number of nitrogens with zero attached hydrogens (tertiary/aromatic N) is 1. The van der Waals surface area contributed by atoms with Gasteiger partial charge in [-0.25, -0.2) is 4.98 Å². The predicted molar refractivity (Wildman–Crippen MR) is 73.8 cm³/mol. The van der Waals surface area contributed by atoms with E-state index in [4.69, 9.17) is 11.6 Å². The molecule has 1 aliphatic rings. The fourth-order valence-electron chi connectivity index (χ4n) is 1.97. The monoisotopic (exact) mass is 352 g/mol. The molecule has 2 rings (SSSR count). The molecule has 0 aromatic carbocycles. The van der Waals surface area contributed by atoms with Crippen LogP contribution in [-0.2, 0) is 0 Å². The normalized spacial score (nSPS) is 25.4. The smallest absolute Gasteiger partial charge is 0.132 e. The highest BCUT2D eigenvalue weighted by atomic mass is 127. The first-order chi connectivity index (χ1) is 7.63. The maximum Gasteiger partial charge on any atom is 0.132 e. The average molecular weight is 353 g/mol. The summed E-state index contributed by atoms with van der Waals surface area (Å²) < 4.78 is 1.08. The third-order valence-corrected chi connectivity index (χ3v) is 3.62. The number of nitrogens with one attached hydrogen (secondary N) is 1. The number of rotatable bonds is 2. The van der Waals surface area contributed by atoms with Crippen LogP contribution in [0.15, 0.2) is 12.1 Å². The van der Waals surface area contributed by atoms with E-state index < -0.39 is 0 Å². The first-order valence-corrected chi connectivity index (χ1v) is 6.87. The van der Waals surface area contributed by atoms with E-state index in [1.54, 1.807) is 0 Å². The van der Waals surface area contributed by atoms with Gasteiger partial charge in [0.2, 0.25) is 0 Å². The van der Waals surface area contributed by atoms with Crippen molar-refractivity contribution in [3.8, 4) is 0 Å². The number of anilines is 1. The second kappa shape index (κ2) is 5.51. The quantitative estimate of drug-likeness (QED) is 0.635. The van der Waals surface area contributed by atoms with E-state index in [1.807, 2.05) is 12.1 Å². The van der Waals surface area contributed by atoms with E-state index in [9.17, 15) is 5.11 Å². The van der Waals surface area contributed by atoms with Gasteiger partial charge in [-0.2, -0.15) is 0 Å². The molecule has 5 heteroatoms. The summed E-state index contributed by atoms with van der Waals surface area (Å²) in [5, 5.41) is 13.3. The van der Waals surface area contributed by atoms with E-state index >= 15 is 0 Å². The molecule has 1 saturated carbocycles. The second-order valence-corrected chi connectivity index (χ2v) is 5.78. The molecule has 1 heterocycles. The Morgan fingerprint density at radius 2 is 2.00 bits per heavy atom. The molecule has 0 bridgehead atoms. The average Bonchev–Trinajstić information content (AvgIpc) is 2.20. The molecule has 0 radical (unpaired) electrons. The minimum Gasteiger partial charge on any atom is -0.393 e. The molecular weight excluding hydrogens is 338 g/mol. The summed E-state index contributed by atoms with van der Waals surface area (Å²) in [5.74, 6) is 0.832. The van der Waals surface area contributed by atoms with Gasteiger partial charge >= 0.3 is 0 Å². The zero-order chi connectivity index (χ0) is 11.5. The highest BCUT2D eigenvalue weighted by molar-refractivity contribution is 14.1. The molecule has 0 atom stereocenters. The third-order valence-electron chi connectivity index (χ3n) is 2.81. The molecule has 16 heavy (non-hydrogen) atoms. The van der Waals surface area contributed by atoms with Crippen LogP contribution in [0.1, 0.15) is 25.7 Å². The van der Waals surface area contributed by atoms with Gasteiger partial charge in [-0.3, -0.25) is 0 Å². The summed E-state index contributed by atoms with van der Waals surface area (Å²) in [6, 6.07) is 4.22. The van der Waals surface area contributed by atoms with Crippen LogP contribution in [0.3, 0.4) is 0 Å². The summed E-state index contributed by atoms with van der Waals surface area (Å²) in [7, 11) is 0. The van der Waals surface area contributed by atoms with Crippen LogP contribution in [0, 0.1) is 3.57 Å². The Morgan fingerprint density at radius 3 is 2.62 bits per heavy atom. The Morgan fingerprint density at radius 1 is 1.31 bits per heavy atom. The second-order valence-electron chi connectivity index (χ2n) is 4.14. The Kier molecular flexibility index (Phi) is 4.27. The van der Waals surface area contributed by atoms with Crippen LogP contribution >= 0.6 is 34.2 Å². The minimum absolute atomic E-state index is 0.120. The lowest BCUT2D eigenvalue weighted by Gasteiger charge is -2.26. The zero-order valence-electron chi connectivity index (χ0n) is 8.79. The van der Waals surface area contributed by atoms with Gasteiger partial charge in [0.1, 0.15) is 11.0 Å². The lowest BCUT2D eigenvalue weighted by molar-refractivity contribution is 0.126. The van der Waals surface area contributed by atoms with Crippen LogP contribution in [-0.4, -0.2) is 22.2 Å². The molecule has 3 nitrogen and oxygen atoms in total. The topological polar surface area (TPSA) is 45.1 Å². The first kappa shape index (κ1) is 12.4. The molecule has 1 fully saturated rings. The fraction of sp³-hybridized carbons (Fsp3) is 0.545. The lowest BCUT2D eigenvalue weighted by Crippen LogP contribution is -2.28. The minimum atomic E-state index is -0.120. The molecule has 1 aromatic heterocycles.